The number of nitrogens with zero attached hydrogens (tertiary/aromatic N) is 1. The van der Waals surface area contributed by atoms with Gasteiger partial charge in [-0.2, -0.15) is 0 Å². The van der Waals surface area contributed by atoms with Crippen LogP contribution in [0.25, 0.3) is 0 Å². The maximum absolute atomic E-state index is 12.9. The van der Waals surface area contributed by atoms with E-state index in [1.165, 1.54) is 4.90 Å². The Morgan fingerprint density at radius 1 is 1.04 bits per heavy atom. The van der Waals surface area contributed by atoms with E-state index in [0.717, 1.165) is 5.56 Å². The largest absolute Gasteiger partial charge is 0.393 e. The average molecular weight is 340 g/mol. The van der Waals surface area contributed by atoms with Crippen LogP contribution in [-0.2, 0) is 4.79 Å². The summed E-state index contributed by atoms with van der Waals surface area (Å²) in [6, 6.07) is 17.2. The Hall–Kier alpha value is -2.66. The number of carbonyl (C=O) groups excluding carboxylic acids is 2. The topological polar surface area (TPSA) is 69.6 Å². The van der Waals surface area contributed by atoms with Gasteiger partial charge in [0.2, 0.25) is 5.91 Å². The summed E-state index contributed by atoms with van der Waals surface area (Å²) in [5, 5.41) is 12.3. The van der Waals surface area contributed by atoms with Crippen LogP contribution < -0.4 is 5.32 Å². The Kier molecular flexibility index (Phi) is 6.71. The first kappa shape index (κ1) is 18.7. The Balaban J connectivity index is 2.19. The molecule has 0 spiro atoms. The molecule has 132 valence electrons. The molecule has 0 bridgehead atoms. The van der Waals surface area contributed by atoms with Crippen molar-refractivity contribution in [1.29, 1.82) is 0 Å². The molecule has 25 heavy (non-hydrogen) atoms. The number of aliphatic hydroxyl groups is 1. The molecular weight excluding hydrogens is 316 g/mol. The van der Waals surface area contributed by atoms with E-state index in [2.05, 4.69) is 5.32 Å². The molecule has 2 unspecified atom stereocenters. The van der Waals surface area contributed by atoms with Crippen LogP contribution in [-0.4, -0.2) is 41.5 Å². The van der Waals surface area contributed by atoms with Gasteiger partial charge in [0.15, 0.2) is 0 Å². The summed E-state index contributed by atoms with van der Waals surface area (Å²) in [6.07, 6.45) is 0.000424. The molecule has 2 atom stereocenters. The van der Waals surface area contributed by atoms with Crippen LogP contribution >= 0.6 is 0 Å². The van der Waals surface area contributed by atoms with E-state index in [1.54, 1.807) is 38.2 Å². The lowest BCUT2D eigenvalue weighted by molar-refractivity contribution is -0.132. The van der Waals surface area contributed by atoms with Gasteiger partial charge in [0, 0.05) is 19.2 Å². The Morgan fingerprint density at radius 2 is 1.60 bits per heavy atom. The van der Waals surface area contributed by atoms with Gasteiger partial charge in [-0.15, -0.1) is 0 Å². The molecule has 2 N–H and O–H groups in total. The Bertz CT molecular complexity index is 687. The van der Waals surface area contributed by atoms with Crippen molar-refractivity contribution in [3.05, 3.63) is 71.8 Å². The highest BCUT2D eigenvalue weighted by atomic mass is 16.3. The van der Waals surface area contributed by atoms with Crippen LogP contribution in [0.4, 0.5) is 0 Å². The first-order valence-corrected chi connectivity index (χ1v) is 8.33. The summed E-state index contributed by atoms with van der Waals surface area (Å²) >= 11 is 0. The average Bonchev–Trinajstić information content (AvgIpc) is 2.64. The summed E-state index contributed by atoms with van der Waals surface area (Å²) in [4.78, 5) is 26.9. The zero-order chi connectivity index (χ0) is 18.2. The molecule has 2 aromatic carbocycles. The van der Waals surface area contributed by atoms with E-state index in [-0.39, 0.29) is 11.8 Å². The van der Waals surface area contributed by atoms with Gasteiger partial charge in [0.25, 0.3) is 5.91 Å². The minimum absolute atomic E-state index is 0.212. The molecule has 0 aliphatic heterocycles. The van der Waals surface area contributed by atoms with Crippen molar-refractivity contribution in [3.8, 4) is 0 Å². The predicted molar refractivity (Wildman–Crippen MR) is 97.0 cm³/mol. The molecule has 0 saturated carbocycles. The summed E-state index contributed by atoms with van der Waals surface area (Å²) in [6.45, 7) is 2.10. The second-order valence-electron chi connectivity index (χ2n) is 6.08. The normalized spacial score (nSPS) is 12.9. The van der Waals surface area contributed by atoms with Crippen LogP contribution in [0.15, 0.2) is 60.7 Å². The maximum Gasteiger partial charge on any atom is 0.252 e. The van der Waals surface area contributed by atoms with Gasteiger partial charge in [-0.25, -0.2) is 0 Å². The molecule has 0 aromatic heterocycles. The van der Waals surface area contributed by atoms with Crippen LogP contribution in [0.3, 0.4) is 0 Å². The highest BCUT2D eigenvalue weighted by molar-refractivity contribution is 5.97. The van der Waals surface area contributed by atoms with Gasteiger partial charge >= 0.3 is 0 Å². The molecule has 5 nitrogen and oxygen atoms in total. The summed E-state index contributed by atoms with van der Waals surface area (Å²) in [5.41, 5.74) is 1.23. The highest BCUT2D eigenvalue weighted by Gasteiger charge is 2.26. The van der Waals surface area contributed by atoms with Gasteiger partial charge in [-0.05, 0) is 31.0 Å². The molecule has 5 heteroatoms. The van der Waals surface area contributed by atoms with E-state index in [4.69, 9.17) is 0 Å². The predicted octanol–water partition coefficient (Wildman–Crippen LogP) is 2.39. The van der Waals surface area contributed by atoms with Crippen molar-refractivity contribution in [3.63, 3.8) is 0 Å². The minimum Gasteiger partial charge on any atom is -0.393 e. The number of aliphatic hydroxyl groups excluding tert-OH is 1. The second kappa shape index (κ2) is 8.99. The Labute approximate surface area is 148 Å². The summed E-state index contributed by atoms with van der Waals surface area (Å²) in [7, 11) is 1.68. The van der Waals surface area contributed by atoms with E-state index in [9.17, 15) is 14.7 Å². The van der Waals surface area contributed by atoms with Crippen LogP contribution in [0.2, 0.25) is 0 Å². The standard InChI is InChI=1S/C20H24N2O3/c1-15(23)13-14-22(2)20(25)18(16-9-5-3-6-10-16)21-19(24)17-11-7-4-8-12-17/h3-12,15,18,23H,13-14H2,1-2H3,(H,21,24). The van der Waals surface area contributed by atoms with Gasteiger partial charge in [-0.3, -0.25) is 9.59 Å². The van der Waals surface area contributed by atoms with Crippen molar-refractivity contribution < 1.29 is 14.7 Å². The third kappa shape index (κ3) is 5.43. The third-order valence-corrected chi connectivity index (χ3v) is 3.95. The molecule has 2 rings (SSSR count). The molecule has 0 aliphatic carbocycles. The quantitative estimate of drug-likeness (QED) is 0.813. The zero-order valence-corrected chi connectivity index (χ0v) is 14.6. The Morgan fingerprint density at radius 3 is 2.16 bits per heavy atom. The van der Waals surface area contributed by atoms with E-state index < -0.39 is 12.1 Å². The fraction of sp³-hybridized carbons (Fsp3) is 0.300. The van der Waals surface area contributed by atoms with Crippen LogP contribution in [0.5, 0.6) is 0 Å². The number of carbonyl (C=O) groups is 2. The molecule has 0 heterocycles. The van der Waals surface area contributed by atoms with Gasteiger partial charge in [0.1, 0.15) is 6.04 Å². The smallest absolute Gasteiger partial charge is 0.252 e. The molecule has 0 aliphatic rings. The van der Waals surface area contributed by atoms with Gasteiger partial charge in [-0.1, -0.05) is 48.5 Å². The van der Waals surface area contributed by atoms with Crippen LogP contribution in [0.1, 0.15) is 35.3 Å². The lowest BCUT2D eigenvalue weighted by atomic mass is 10.0. The first-order valence-electron chi connectivity index (χ1n) is 8.33. The number of amides is 2. The van der Waals surface area contributed by atoms with Crippen molar-refractivity contribution in [2.24, 2.45) is 0 Å². The molecule has 0 saturated heterocycles. The van der Waals surface area contributed by atoms with Crippen molar-refractivity contribution in [2.45, 2.75) is 25.5 Å². The van der Waals surface area contributed by atoms with E-state index in [1.807, 2.05) is 36.4 Å². The zero-order valence-electron chi connectivity index (χ0n) is 14.6. The highest BCUT2D eigenvalue weighted by Crippen LogP contribution is 2.17. The lowest BCUT2D eigenvalue weighted by Gasteiger charge is -2.25. The van der Waals surface area contributed by atoms with Crippen LogP contribution in [0, 0.1) is 0 Å². The lowest BCUT2D eigenvalue weighted by Crippen LogP contribution is -2.42. The number of rotatable bonds is 7. The van der Waals surface area contributed by atoms with Crippen molar-refractivity contribution >= 4 is 11.8 Å². The van der Waals surface area contributed by atoms with E-state index >= 15 is 0 Å². The summed E-state index contributed by atoms with van der Waals surface area (Å²) < 4.78 is 0. The molecule has 0 radical (unpaired) electrons. The third-order valence-electron chi connectivity index (χ3n) is 3.95. The number of benzene rings is 2. The van der Waals surface area contributed by atoms with Gasteiger partial charge in [0.05, 0.1) is 6.10 Å². The fourth-order valence-electron chi connectivity index (χ4n) is 2.45. The monoisotopic (exact) mass is 340 g/mol. The maximum atomic E-state index is 12.9. The SMILES string of the molecule is CC(O)CCN(C)C(=O)C(NC(=O)c1ccccc1)c1ccccc1. The van der Waals surface area contributed by atoms with E-state index in [0.29, 0.717) is 18.5 Å². The second-order valence-corrected chi connectivity index (χ2v) is 6.08. The molecular formula is C20H24N2O3. The molecule has 0 fully saturated rings. The van der Waals surface area contributed by atoms with Gasteiger partial charge < -0.3 is 15.3 Å². The molecule has 2 amide bonds. The molecule has 2 aromatic rings. The van der Waals surface area contributed by atoms with Crippen molar-refractivity contribution in [2.75, 3.05) is 13.6 Å². The summed E-state index contributed by atoms with van der Waals surface area (Å²) in [5.74, 6) is -0.511. The fourth-order valence-corrected chi connectivity index (χ4v) is 2.45. The number of hydrogen-bond donors (Lipinski definition) is 2. The number of nitrogens with one attached hydrogen (secondary N) is 1. The number of likely N-dealkylation sites (N-methyl/N-ethyl adjacent to an activating group) is 1. The minimum atomic E-state index is -0.770. The van der Waals surface area contributed by atoms with Crippen molar-refractivity contribution in [1.82, 2.24) is 10.2 Å². The first-order chi connectivity index (χ1) is 12.0. The number of hydrogen-bond acceptors (Lipinski definition) is 3.